The molecule has 1 aliphatic heterocycles. The van der Waals surface area contributed by atoms with Crippen molar-refractivity contribution in [2.24, 2.45) is 9.98 Å². The summed E-state index contributed by atoms with van der Waals surface area (Å²) in [5.74, 6) is -1.93. The number of fused-ring (bicyclic) bond motifs is 1. The Morgan fingerprint density at radius 3 is 2.71 bits per heavy atom. The molecule has 1 aromatic heterocycles. The zero-order valence-electron chi connectivity index (χ0n) is 20.3. The van der Waals surface area contributed by atoms with Gasteiger partial charge in [-0.05, 0) is 61.4 Å². The van der Waals surface area contributed by atoms with Gasteiger partial charge in [0.25, 0.3) is 11.8 Å². The first-order valence-electron chi connectivity index (χ1n) is 11.7. The van der Waals surface area contributed by atoms with Crippen molar-refractivity contribution in [1.29, 1.82) is 0 Å². The fourth-order valence-electron chi connectivity index (χ4n) is 4.28. The molecule has 0 saturated heterocycles. The van der Waals surface area contributed by atoms with Crippen LogP contribution in [0.5, 0.6) is 0 Å². The van der Waals surface area contributed by atoms with Gasteiger partial charge in [0.1, 0.15) is 23.8 Å². The van der Waals surface area contributed by atoms with Gasteiger partial charge < -0.3 is 5.32 Å². The van der Waals surface area contributed by atoms with Crippen LogP contribution < -0.4 is 5.32 Å². The second kappa shape index (κ2) is 10.2. The third kappa shape index (κ3) is 4.95. The highest BCUT2D eigenvalue weighted by molar-refractivity contribution is 6.34. The van der Waals surface area contributed by atoms with Crippen molar-refractivity contribution >= 4 is 35.0 Å². The second-order valence-corrected chi connectivity index (χ2v) is 9.22. The monoisotopic (exact) mass is 534 g/mol. The Morgan fingerprint density at radius 2 is 2.00 bits per heavy atom. The van der Waals surface area contributed by atoms with Crippen molar-refractivity contribution < 1.29 is 18.4 Å². The first-order chi connectivity index (χ1) is 18.2. The lowest BCUT2D eigenvalue weighted by Gasteiger charge is -2.24. The maximum absolute atomic E-state index is 14.7. The van der Waals surface area contributed by atoms with Crippen LogP contribution in [0.25, 0.3) is 5.69 Å². The molecule has 2 aliphatic rings. The van der Waals surface area contributed by atoms with Crippen LogP contribution in [0.4, 0.5) is 8.78 Å². The standard InChI is InChI=1S/C27H21ClF2N6O2/c1-14-6-9-22(30)24-23(14)27(38)34-25(33-24)20(16-4-3-5-17(29)10-16)12-31-26(37)19-8-7-18(11-21(19)28)36-13-32-15(2)35-36/h3-11,13,20,22H,12H2,1-2H3,(H,31,37)/t20-,22?/m0/s1. The summed E-state index contributed by atoms with van der Waals surface area (Å²) in [4.78, 5) is 38.4. The highest BCUT2D eigenvalue weighted by Gasteiger charge is 2.34. The third-order valence-electron chi connectivity index (χ3n) is 6.19. The minimum Gasteiger partial charge on any atom is -0.351 e. The van der Waals surface area contributed by atoms with E-state index in [1.807, 2.05) is 0 Å². The molecule has 0 fully saturated rings. The first-order valence-corrected chi connectivity index (χ1v) is 12.1. The van der Waals surface area contributed by atoms with Gasteiger partial charge in [-0.2, -0.15) is 10.1 Å². The SMILES string of the molecule is CC1=C2C(=O)N=C([C@@H](CNC(=O)c3ccc(-n4cnc(C)n4)cc3Cl)c3cccc(F)c3)N=C2C(F)C=C1. The summed E-state index contributed by atoms with van der Waals surface area (Å²) < 4.78 is 30.3. The first kappa shape index (κ1) is 25.3. The number of halogens is 3. The van der Waals surface area contributed by atoms with Gasteiger partial charge in [0.05, 0.1) is 33.5 Å². The highest BCUT2D eigenvalue weighted by Crippen LogP contribution is 2.28. The van der Waals surface area contributed by atoms with Gasteiger partial charge in [0.15, 0.2) is 6.17 Å². The normalized spacial score (nSPS) is 17.6. The molecule has 38 heavy (non-hydrogen) atoms. The number of hydrogen-bond acceptors (Lipinski definition) is 5. The van der Waals surface area contributed by atoms with Crippen molar-refractivity contribution in [3.05, 3.63) is 99.9 Å². The predicted molar refractivity (Wildman–Crippen MR) is 139 cm³/mol. The van der Waals surface area contributed by atoms with E-state index in [0.717, 1.165) is 0 Å². The fraction of sp³-hybridized carbons (Fsp3) is 0.185. The van der Waals surface area contributed by atoms with Crippen molar-refractivity contribution in [1.82, 2.24) is 20.1 Å². The van der Waals surface area contributed by atoms with E-state index in [0.29, 0.717) is 22.6 Å². The maximum atomic E-state index is 14.7. The molecule has 2 aromatic carbocycles. The van der Waals surface area contributed by atoms with Gasteiger partial charge in [-0.25, -0.2) is 23.4 Å². The number of hydrogen-bond donors (Lipinski definition) is 1. The molecule has 192 valence electrons. The average Bonchev–Trinajstić information content (AvgIpc) is 3.32. The quantitative estimate of drug-likeness (QED) is 0.503. The van der Waals surface area contributed by atoms with Crippen molar-refractivity contribution in [2.45, 2.75) is 25.9 Å². The molecular weight excluding hydrogens is 514 g/mol. The molecule has 0 spiro atoms. The van der Waals surface area contributed by atoms with E-state index in [-0.39, 0.29) is 34.3 Å². The lowest BCUT2D eigenvalue weighted by atomic mass is 9.91. The van der Waals surface area contributed by atoms with E-state index in [2.05, 4.69) is 25.4 Å². The van der Waals surface area contributed by atoms with E-state index in [4.69, 9.17) is 11.6 Å². The number of aryl methyl sites for hydroxylation is 1. The van der Waals surface area contributed by atoms with Crippen LogP contribution in [0.2, 0.25) is 5.02 Å². The lowest BCUT2D eigenvalue weighted by Crippen LogP contribution is -2.36. The number of carbonyl (C=O) groups is 2. The molecule has 1 aliphatic carbocycles. The topological polar surface area (TPSA) is 102 Å². The molecule has 11 heteroatoms. The minimum atomic E-state index is -1.59. The molecule has 3 aromatic rings. The molecule has 0 radical (unpaired) electrons. The summed E-state index contributed by atoms with van der Waals surface area (Å²) in [7, 11) is 0. The lowest BCUT2D eigenvalue weighted by molar-refractivity contribution is -0.114. The predicted octanol–water partition coefficient (Wildman–Crippen LogP) is 4.49. The van der Waals surface area contributed by atoms with Crippen LogP contribution >= 0.6 is 11.6 Å². The van der Waals surface area contributed by atoms with Crippen LogP contribution in [-0.4, -0.2) is 50.8 Å². The Hall–Kier alpha value is -4.31. The molecule has 8 nitrogen and oxygen atoms in total. The Morgan fingerprint density at radius 1 is 1.18 bits per heavy atom. The number of amidine groups is 1. The van der Waals surface area contributed by atoms with Gasteiger partial charge >= 0.3 is 0 Å². The zero-order valence-corrected chi connectivity index (χ0v) is 21.1. The molecule has 2 amide bonds. The number of carbonyl (C=O) groups excluding carboxylic acids is 2. The van der Waals surface area contributed by atoms with E-state index >= 15 is 0 Å². The molecule has 1 N–H and O–H groups in total. The number of alkyl halides is 1. The summed E-state index contributed by atoms with van der Waals surface area (Å²) in [6, 6.07) is 10.4. The van der Waals surface area contributed by atoms with Crippen LogP contribution in [0, 0.1) is 12.7 Å². The summed E-state index contributed by atoms with van der Waals surface area (Å²) >= 11 is 6.39. The van der Waals surface area contributed by atoms with Gasteiger partial charge in [-0.15, -0.1) is 0 Å². The Bertz CT molecular complexity index is 1590. The molecule has 1 unspecified atom stereocenters. The van der Waals surface area contributed by atoms with Gasteiger partial charge in [0, 0.05) is 6.54 Å². The van der Waals surface area contributed by atoms with E-state index in [1.165, 1.54) is 41.4 Å². The Labute approximate surface area is 221 Å². The number of amides is 2. The number of allylic oxidation sites excluding steroid dienone is 3. The summed E-state index contributed by atoms with van der Waals surface area (Å²) in [6.07, 6.45) is 2.77. The second-order valence-electron chi connectivity index (χ2n) is 8.81. The van der Waals surface area contributed by atoms with Crippen LogP contribution in [0.1, 0.15) is 34.6 Å². The van der Waals surface area contributed by atoms with Gasteiger partial charge in [-0.3, -0.25) is 9.59 Å². The number of nitrogens with one attached hydrogen (secondary N) is 1. The fourth-order valence-corrected chi connectivity index (χ4v) is 4.54. The van der Waals surface area contributed by atoms with Crippen molar-refractivity contribution in [2.75, 3.05) is 6.54 Å². The van der Waals surface area contributed by atoms with E-state index < -0.39 is 29.7 Å². The molecule has 0 saturated carbocycles. The Balaban J connectivity index is 1.43. The maximum Gasteiger partial charge on any atom is 0.280 e. The number of nitrogens with zero attached hydrogens (tertiary/aromatic N) is 5. The average molecular weight is 535 g/mol. The highest BCUT2D eigenvalue weighted by atomic mass is 35.5. The van der Waals surface area contributed by atoms with Crippen LogP contribution in [0.15, 0.2) is 82.1 Å². The van der Waals surface area contributed by atoms with E-state index in [1.54, 1.807) is 38.1 Å². The zero-order chi connectivity index (χ0) is 27.0. The third-order valence-corrected chi connectivity index (χ3v) is 6.50. The molecule has 0 bridgehead atoms. The van der Waals surface area contributed by atoms with Gasteiger partial charge in [-0.1, -0.05) is 29.8 Å². The van der Waals surface area contributed by atoms with E-state index in [9.17, 15) is 18.4 Å². The van der Waals surface area contributed by atoms with Crippen molar-refractivity contribution in [3.63, 3.8) is 0 Å². The summed E-state index contributed by atoms with van der Waals surface area (Å²) in [5, 5.41) is 7.17. The smallest absolute Gasteiger partial charge is 0.280 e. The van der Waals surface area contributed by atoms with Crippen molar-refractivity contribution in [3.8, 4) is 5.69 Å². The van der Waals surface area contributed by atoms with Crippen LogP contribution in [-0.2, 0) is 4.79 Å². The Kier molecular flexibility index (Phi) is 6.81. The number of rotatable bonds is 6. The minimum absolute atomic E-state index is 0.0200. The number of aromatic nitrogens is 3. The van der Waals surface area contributed by atoms with Gasteiger partial charge in [0.2, 0.25) is 0 Å². The largest absolute Gasteiger partial charge is 0.351 e. The number of benzene rings is 2. The molecule has 2 atom stereocenters. The van der Waals surface area contributed by atoms with Crippen LogP contribution in [0.3, 0.4) is 0 Å². The summed E-state index contributed by atoms with van der Waals surface area (Å²) in [5.41, 5.74) is 1.85. The molecule has 2 heterocycles. The number of aliphatic imine (C=N–C) groups is 2. The molecular formula is C27H21ClF2N6O2. The molecule has 5 rings (SSSR count). The summed E-state index contributed by atoms with van der Waals surface area (Å²) in [6.45, 7) is 3.33.